The number of aromatic nitrogens is 2. The van der Waals surface area contributed by atoms with Crippen molar-refractivity contribution in [3.63, 3.8) is 0 Å². The van der Waals surface area contributed by atoms with Crippen molar-refractivity contribution in [3.05, 3.63) is 61.7 Å². The zero-order valence-corrected chi connectivity index (χ0v) is 20.6. The summed E-state index contributed by atoms with van der Waals surface area (Å²) in [4.78, 5) is 13.2. The first-order chi connectivity index (χ1) is 14.2. The summed E-state index contributed by atoms with van der Waals surface area (Å²) in [5, 5.41) is 12.1. The van der Waals surface area contributed by atoms with Gasteiger partial charge in [-0.05, 0) is 63.2 Å². The Labute approximate surface area is 193 Å². The van der Waals surface area contributed by atoms with Gasteiger partial charge in [0.25, 0.3) is 0 Å². The lowest BCUT2D eigenvalue weighted by Crippen LogP contribution is -2.21. The van der Waals surface area contributed by atoms with Crippen LogP contribution in [0.15, 0.2) is 28.7 Å². The van der Waals surface area contributed by atoms with Gasteiger partial charge in [0.2, 0.25) is 0 Å². The molecule has 0 spiro atoms. The minimum absolute atomic E-state index is 0.378. The Morgan fingerprint density at radius 3 is 2.50 bits per heavy atom. The van der Waals surface area contributed by atoms with Crippen LogP contribution < -0.4 is 10.6 Å². The molecule has 0 aliphatic rings. The topological polar surface area (TPSA) is 68.2 Å². The van der Waals surface area contributed by atoms with E-state index >= 15 is 0 Å². The van der Waals surface area contributed by atoms with Gasteiger partial charge in [-0.2, -0.15) is 5.10 Å². The summed E-state index contributed by atoms with van der Waals surface area (Å²) in [6, 6.07) is 8.16. The number of esters is 1. The van der Waals surface area contributed by atoms with Crippen molar-refractivity contribution in [2.75, 3.05) is 17.7 Å². The van der Waals surface area contributed by atoms with E-state index in [2.05, 4.69) is 43.8 Å². The SMILES string of the molecule is COC(=O)c1c(NC(=S)Nc2c(C)nn(Cc3ccc(Br)cc3)c2C)sc(C)c1C. The molecule has 0 bridgehead atoms. The second kappa shape index (κ2) is 9.28. The molecule has 1 aromatic carbocycles. The molecule has 158 valence electrons. The standard InChI is InChI=1S/C21H23BrN4O2S2/c1-11-14(4)30-19(17(11)20(27)28-5)24-21(29)23-18-12(2)25-26(13(18)3)10-15-6-8-16(22)9-7-15/h6-9H,10H2,1-5H3,(H2,23,24,29). The Hall–Kier alpha value is -2.23. The molecule has 0 atom stereocenters. The number of thiocarbonyl (C=S) groups is 1. The first-order valence-corrected chi connectivity index (χ1v) is 11.3. The monoisotopic (exact) mass is 506 g/mol. The second-order valence-electron chi connectivity index (χ2n) is 6.89. The van der Waals surface area contributed by atoms with Crippen LogP contribution in [0.4, 0.5) is 10.7 Å². The third-order valence-corrected chi connectivity index (χ3v) is 6.72. The van der Waals surface area contributed by atoms with Crippen LogP contribution in [0.3, 0.4) is 0 Å². The van der Waals surface area contributed by atoms with Crippen LogP contribution in [0.1, 0.15) is 37.7 Å². The smallest absolute Gasteiger partial charge is 0.341 e. The molecule has 9 heteroatoms. The summed E-state index contributed by atoms with van der Waals surface area (Å²) in [6.07, 6.45) is 0. The van der Waals surface area contributed by atoms with Crippen molar-refractivity contribution < 1.29 is 9.53 Å². The summed E-state index contributed by atoms with van der Waals surface area (Å²) < 4.78 is 7.92. The number of halogens is 1. The molecule has 2 N–H and O–H groups in total. The Balaban J connectivity index is 1.78. The molecule has 3 aromatic rings. The summed E-state index contributed by atoms with van der Waals surface area (Å²) in [5.74, 6) is -0.378. The molecule has 30 heavy (non-hydrogen) atoms. The molecule has 2 aromatic heterocycles. The largest absolute Gasteiger partial charge is 0.465 e. The molecular formula is C21H23BrN4O2S2. The number of carbonyl (C=O) groups excluding carboxylic acids is 1. The fourth-order valence-corrected chi connectivity index (χ4v) is 4.69. The number of anilines is 2. The third kappa shape index (κ3) is 4.74. The zero-order chi connectivity index (χ0) is 22.0. The van der Waals surface area contributed by atoms with Crippen LogP contribution in [-0.4, -0.2) is 28.0 Å². The average molecular weight is 507 g/mol. The van der Waals surface area contributed by atoms with Crippen LogP contribution in [0.5, 0.6) is 0 Å². The predicted molar refractivity (Wildman–Crippen MR) is 130 cm³/mol. The van der Waals surface area contributed by atoms with E-state index in [1.165, 1.54) is 18.4 Å². The van der Waals surface area contributed by atoms with E-state index in [0.29, 0.717) is 22.2 Å². The highest BCUT2D eigenvalue weighted by Crippen LogP contribution is 2.33. The fourth-order valence-electron chi connectivity index (χ4n) is 3.11. The maximum absolute atomic E-state index is 12.2. The Morgan fingerprint density at radius 2 is 1.87 bits per heavy atom. The Morgan fingerprint density at radius 1 is 1.20 bits per heavy atom. The van der Waals surface area contributed by atoms with Gasteiger partial charge in [0.05, 0.1) is 36.3 Å². The molecule has 3 rings (SSSR count). The van der Waals surface area contributed by atoms with Crippen LogP contribution >= 0.6 is 39.5 Å². The van der Waals surface area contributed by atoms with E-state index in [9.17, 15) is 4.79 Å². The molecule has 0 saturated carbocycles. The highest BCUT2D eigenvalue weighted by Gasteiger charge is 2.21. The highest BCUT2D eigenvalue weighted by atomic mass is 79.9. The molecule has 0 unspecified atom stereocenters. The van der Waals surface area contributed by atoms with E-state index in [4.69, 9.17) is 17.0 Å². The van der Waals surface area contributed by atoms with Gasteiger partial charge in [-0.1, -0.05) is 28.1 Å². The first kappa shape index (κ1) is 22.5. The van der Waals surface area contributed by atoms with Crippen LogP contribution in [0.25, 0.3) is 0 Å². The van der Waals surface area contributed by atoms with Gasteiger partial charge in [-0.3, -0.25) is 4.68 Å². The van der Waals surface area contributed by atoms with E-state index in [1.54, 1.807) is 0 Å². The summed E-state index contributed by atoms with van der Waals surface area (Å²) >= 11 is 10.4. The predicted octanol–water partition coefficient (Wildman–Crippen LogP) is 5.58. The number of methoxy groups -OCH3 is 1. The molecule has 0 saturated heterocycles. The lowest BCUT2D eigenvalue weighted by atomic mass is 10.1. The highest BCUT2D eigenvalue weighted by molar-refractivity contribution is 9.10. The maximum Gasteiger partial charge on any atom is 0.341 e. The molecule has 6 nitrogen and oxygen atoms in total. The van der Waals surface area contributed by atoms with Crippen molar-refractivity contribution in [2.24, 2.45) is 0 Å². The summed E-state index contributed by atoms with van der Waals surface area (Å²) in [7, 11) is 1.38. The van der Waals surface area contributed by atoms with E-state index in [-0.39, 0.29) is 5.97 Å². The van der Waals surface area contributed by atoms with Crippen LogP contribution in [-0.2, 0) is 11.3 Å². The first-order valence-electron chi connectivity index (χ1n) is 9.26. The molecule has 0 fully saturated rings. The Bertz CT molecular complexity index is 1100. The molecule has 0 radical (unpaired) electrons. The molecule has 0 aliphatic heterocycles. The number of rotatable bonds is 5. The molecular weight excluding hydrogens is 484 g/mol. The number of ether oxygens (including phenoxy) is 1. The van der Waals surface area contributed by atoms with Gasteiger partial charge >= 0.3 is 5.97 Å². The minimum atomic E-state index is -0.378. The van der Waals surface area contributed by atoms with Gasteiger partial charge in [-0.25, -0.2) is 4.79 Å². The van der Waals surface area contributed by atoms with Crippen molar-refractivity contribution in [1.82, 2.24) is 9.78 Å². The maximum atomic E-state index is 12.2. The number of nitrogens with one attached hydrogen (secondary N) is 2. The second-order valence-corrected chi connectivity index (χ2v) is 9.44. The number of aryl methyl sites for hydroxylation is 2. The quantitative estimate of drug-likeness (QED) is 0.347. The van der Waals surface area contributed by atoms with Crippen LogP contribution in [0, 0.1) is 27.7 Å². The van der Waals surface area contributed by atoms with Gasteiger partial charge in [0, 0.05) is 9.35 Å². The van der Waals surface area contributed by atoms with E-state index < -0.39 is 0 Å². The number of thiophene rings is 1. The lowest BCUT2D eigenvalue weighted by Gasteiger charge is -2.11. The molecule has 2 heterocycles. The third-order valence-electron chi connectivity index (χ3n) is 4.87. The molecule has 0 amide bonds. The normalized spacial score (nSPS) is 10.7. The Kier molecular flexibility index (Phi) is 6.95. The number of hydrogen-bond donors (Lipinski definition) is 2. The van der Waals surface area contributed by atoms with Gasteiger partial charge in [-0.15, -0.1) is 11.3 Å². The fraction of sp³-hybridized carbons (Fsp3) is 0.286. The number of hydrogen-bond acceptors (Lipinski definition) is 5. The van der Waals surface area contributed by atoms with E-state index in [0.717, 1.165) is 37.6 Å². The van der Waals surface area contributed by atoms with Gasteiger partial charge in [0.1, 0.15) is 5.00 Å². The number of nitrogens with zero attached hydrogens (tertiary/aromatic N) is 2. The minimum Gasteiger partial charge on any atom is -0.465 e. The van der Waals surface area contributed by atoms with Crippen molar-refractivity contribution in [1.29, 1.82) is 0 Å². The van der Waals surface area contributed by atoms with Gasteiger partial charge < -0.3 is 15.4 Å². The number of benzene rings is 1. The average Bonchev–Trinajstić information content (AvgIpc) is 3.12. The van der Waals surface area contributed by atoms with Gasteiger partial charge in [0.15, 0.2) is 5.11 Å². The summed E-state index contributed by atoms with van der Waals surface area (Å²) in [5.41, 5.74) is 5.25. The van der Waals surface area contributed by atoms with Crippen LogP contribution in [0.2, 0.25) is 0 Å². The van der Waals surface area contributed by atoms with Crippen molar-refractivity contribution in [3.8, 4) is 0 Å². The van der Waals surface area contributed by atoms with Crippen molar-refractivity contribution >= 4 is 61.3 Å². The number of carbonyl (C=O) groups is 1. The summed E-state index contributed by atoms with van der Waals surface area (Å²) in [6.45, 7) is 8.48. The molecule has 0 aliphatic carbocycles. The zero-order valence-electron chi connectivity index (χ0n) is 17.4. The lowest BCUT2D eigenvalue weighted by molar-refractivity contribution is 0.0601. The van der Waals surface area contributed by atoms with E-state index in [1.807, 2.05) is 44.5 Å². The van der Waals surface area contributed by atoms with Crippen molar-refractivity contribution in [2.45, 2.75) is 34.2 Å².